The fourth-order valence-corrected chi connectivity index (χ4v) is 4.47. The molecule has 0 fully saturated rings. The summed E-state index contributed by atoms with van der Waals surface area (Å²) >= 11 is 19.4. The van der Waals surface area contributed by atoms with Gasteiger partial charge in [-0.3, -0.25) is 4.79 Å². The lowest BCUT2D eigenvalue weighted by Crippen LogP contribution is -2.17. The predicted octanol–water partition coefficient (Wildman–Crippen LogP) is 6.84. The Labute approximate surface area is 202 Å². The van der Waals surface area contributed by atoms with Crippen LogP contribution in [0.3, 0.4) is 0 Å². The Morgan fingerprint density at radius 3 is 2.41 bits per heavy atom. The molecule has 0 aliphatic heterocycles. The van der Waals surface area contributed by atoms with E-state index in [0.29, 0.717) is 31.8 Å². The number of thiophene rings is 1. The number of benzene rings is 3. The van der Waals surface area contributed by atoms with Crippen molar-refractivity contribution in [2.24, 2.45) is 5.10 Å². The number of amides is 1. The van der Waals surface area contributed by atoms with Crippen molar-refractivity contribution in [3.63, 3.8) is 0 Å². The normalized spacial score (nSPS) is 11.1. The Morgan fingerprint density at radius 2 is 1.69 bits per heavy atom. The van der Waals surface area contributed by atoms with E-state index in [0.717, 1.165) is 10.1 Å². The van der Waals surface area contributed by atoms with Gasteiger partial charge < -0.3 is 4.74 Å². The zero-order valence-electron chi connectivity index (χ0n) is 16.1. The molecule has 0 aliphatic carbocycles. The van der Waals surface area contributed by atoms with E-state index in [1.54, 1.807) is 30.3 Å². The lowest BCUT2D eigenvalue weighted by Gasteiger charge is -2.04. The van der Waals surface area contributed by atoms with Crippen molar-refractivity contribution >= 4 is 74.3 Å². The molecule has 0 spiro atoms. The minimum atomic E-state index is -0.522. The molecule has 0 atom stereocenters. The molecule has 32 heavy (non-hydrogen) atoms. The third kappa shape index (κ3) is 4.95. The van der Waals surface area contributed by atoms with Crippen molar-refractivity contribution in [2.45, 2.75) is 0 Å². The zero-order valence-corrected chi connectivity index (χ0v) is 19.2. The van der Waals surface area contributed by atoms with Crippen LogP contribution in [0.15, 0.2) is 71.8 Å². The van der Waals surface area contributed by atoms with Crippen LogP contribution in [-0.2, 0) is 0 Å². The quantitative estimate of drug-likeness (QED) is 0.140. The van der Waals surface area contributed by atoms with Gasteiger partial charge >= 0.3 is 5.97 Å². The van der Waals surface area contributed by atoms with E-state index in [4.69, 9.17) is 39.5 Å². The van der Waals surface area contributed by atoms with Crippen LogP contribution < -0.4 is 10.2 Å². The average molecular weight is 504 g/mol. The van der Waals surface area contributed by atoms with E-state index in [9.17, 15) is 9.59 Å². The van der Waals surface area contributed by atoms with E-state index in [2.05, 4.69) is 10.5 Å². The Bertz CT molecular complexity index is 1350. The average Bonchev–Trinajstić information content (AvgIpc) is 3.13. The molecular weight excluding hydrogens is 491 g/mol. The molecule has 1 N–H and O–H groups in total. The van der Waals surface area contributed by atoms with Gasteiger partial charge in [0.1, 0.15) is 10.6 Å². The fourth-order valence-electron chi connectivity index (χ4n) is 2.79. The number of carbonyl (C=O) groups is 2. The van der Waals surface area contributed by atoms with Crippen LogP contribution in [-0.4, -0.2) is 18.1 Å². The molecule has 4 aromatic rings. The number of hydrogen-bond donors (Lipinski definition) is 1. The molecule has 3 aromatic carbocycles. The van der Waals surface area contributed by atoms with E-state index in [1.165, 1.54) is 29.7 Å². The van der Waals surface area contributed by atoms with E-state index in [1.807, 2.05) is 24.3 Å². The number of nitrogens with one attached hydrogen (secondary N) is 1. The largest absolute Gasteiger partial charge is 0.422 e. The number of rotatable bonds is 5. The number of halogens is 3. The van der Waals surface area contributed by atoms with Gasteiger partial charge in [0.2, 0.25) is 0 Å². The number of carbonyl (C=O) groups excluding carboxylic acids is 2. The van der Waals surface area contributed by atoms with Gasteiger partial charge in [0.15, 0.2) is 0 Å². The Kier molecular flexibility index (Phi) is 6.77. The van der Waals surface area contributed by atoms with Crippen molar-refractivity contribution in [2.75, 3.05) is 0 Å². The number of ether oxygens (including phenoxy) is 1. The monoisotopic (exact) mass is 502 g/mol. The Morgan fingerprint density at radius 1 is 0.938 bits per heavy atom. The van der Waals surface area contributed by atoms with Gasteiger partial charge in [0.05, 0.1) is 21.3 Å². The standard InChI is InChI=1S/C23H13Cl3N2O3S/c24-17-10-7-14(11-18(17)25)22(29)28-27-12-13-5-8-15(9-6-13)31-23(30)21-20(26)16-3-1-2-4-19(16)32-21/h1-12H,(H,28,29). The molecule has 0 unspecified atom stereocenters. The van der Waals surface area contributed by atoms with Crippen LogP contribution >= 0.6 is 46.1 Å². The molecule has 0 aliphatic rings. The van der Waals surface area contributed by atoms with Crippen molar-refractivity contribution in [3.05, 3.63) is 97.8 Å². The summed E-state index contributed by atoms with van der Waals surface area (Å²) in [6.45, 7) is 0. The lowest BCUT2D eigenvalue weighted by atomic mass is 10.2. The van der Waals surface area contributed by atoms with E-state index in [-0.39, 0.29) is 5.02 Å². The molecule has 4 rings (SSSR count). The number of hydrazone groups is 1. The molecule has 160 valence electrons. The van der Waals surface area contributed by atoms with Gasteiger partial charge in [0, 0.05) is 15.6 Å². The maximum Gasteiger partial charge on any atom is 0.355 e. The highest BCUT2D eigenvalue weighted by Crippen LogP contribution is 2.35. The molecule has 1 heterocycles. The summed E-state index contributed by atoms with van der Waals surface area (Å²) in [5, 5.41) is 5.77. The maximum atomic E-state index is 12.5. The van der Waals surface area contributed by atoms with Crippen LogP contribution in [0.4, 0.5) is 0 Å². The number of hydrogen-bond acceptors (Lipinski definition) is 5. The number of nitrogens with zero attached hydrogens (tertiary/aromatic N) is 1. The van der Waals surface area contributed by atoms with Crippen LogP contribution in [0.25, 0.3) is 10.1 Å². The van der Waals surface area contributed by atoms with Gasteiger partial charge in [0.25, 0.3) is 5.91 Å². The molecule has 1 amide bonds. The highest BCUT2D eigenvalue weighted by Gasteiger charge is 2.18. The summed E-state index contributed by atoms with van der Waals surface area (Å²) in [6.07, 6.45) is 1.46. The third-order valence-corrected chi connectivity index (χ3v) is 6.77. The second kappa shape index (κ2) is 9.71. The molecule has 1 aromatic heterocycles. The van der Waals surface area contributed by atoms with Gasteiger partial charge in [-0.15, -0.1) is 11.3 Å². The summed E-state index contributed by atoms with van der Waals surface area (Å²) in [4.78, 5) is 25.0. The number of esters is 1. The summed E-state index contributed by atoms with van der Waals surface area (Å²) in [7, 11) is 0. The summed E-state index contributed by atoms with van der Waals surface area (Å²) in [5.41, 5.74) is 3.44. The van der Waals surface area contributed by atoms with Gasteiger partial charge in [-0.1, -0.05) is 53.0 Å². The summed E-state index contributed by atoms with van der Waals surface area (Å²) < 4.78 is 6.35. The highest BCUT2D eigenvalue weighted by molar-refractivity contribution is 7.21. The molecule has 0 saturated carbocycles. The minimum Gasteiger partial charge on any atom is -0.422 e. The van der Waals surface area contributed by atoms with Crippen molar-refractivity contribution < 1.29 is 14.3 Å². The fraction of sp³-hybridized carbons (Fsp3) is 0. The lowest BCUT2D eigenvalue weighted by molar-refractivity contribution is 0.0739. The first kappa shape index (κ1) is 22.3. The maximum absolute atomic E-state index is 12.5. The molecule has 0 radical (unpaired) electrons. The molecule has 0 saturated heterocycles. The van der Waals surface area contributed by atoms with Crippen LogP contribution in [0.1, 0.15) is 25.6 Å². The third-order valence-electron chi connectivity index (χ3n) is 4.37. The Hall–Kier alpha value is -2.90. The second-order valence-electron chi connectivity index (χ2n) is 6.53. The van der Waals surface area contributed by atoms with Crippen LogP contribution in [0.5, 0.6) is 5.75 Å². The van der Waals surface area contributed by atoms with Crippen LogP contribution in [0, 0.1) is 0 Å². The minimum absolute atomic E-state index is 0.283. The van der Waals surface area contributed by atoms with Crippen molar-refractivity contribution in [1.29, 1.82) is 0 Å². The number of fused-ring (bicyclic) bond motifs is 1. The molecule has 9 heteroatoms. The second-order valence-corrected chi connectivity index (χ2v) is 8.77. The van der Waals surface area contributed by atoms with Gasteiger partial charge in [-0.2, -0.15) is 5.10 Å². The highest BCUT2D eigenvalue weighted by atomic mass is 35.5. The van der Waals surface area contributed by atoms with Crippen molar-refractivity contribution in [1.82, 2.24) is 5.43 Å². The topological polar surface area (TPSA) is 67.8 Å². The Balaban J connectivity index is 1.38. The van der Waals surface area contributed by atoms with Gasteiger partial charge in [-0.05, 0) is 54.1 Å². The molecule has 5 nitrogen and oxygen atoms in total. The molecular formula is C23H13Cl3N2O3S. The first-order valence-corrected chi connectivity index (χ1v) is 11.1. The zero-order chi connectivity index (χ0) is 22.7. The van der Waals surface area contributed by atoms with Gasteiger partial charge in [-0.25, -0.2) is 10.2 Å². The predicted molar refractivity (Wildman–Crippen MR) is 130 cm³/mol. The van der Waals surface area contributed by atoms with Crippen LogP contribution in [0.2, 0.25) is 15.1 Å². The first-order valence-electron chi connectivity index (χ1n) is 9.20. The smallest absolute Gasteiger partial charge is 0.355 e. The molecule has 0 bridgehead atoms. The van der Waals surface area contributed by atoms with E-state index < -0.39 is 11.9 Å². The van der Waals surface area contributed by atoms with E-state index >= 15 is 0 Å². The summed E-state index contributed by atoms with van der Waals surface area (Å²) in [6, 6.07) is 18.7. The SMILES string of the molecule is O=C(NN=Cc1ccc(OC(=O)c2sc3ccccc3c2Cl)cc1)c1ccc(Cl)c(Cl)c1. The summed E-state index contributed by atoms with van der Waals surface area (Å²) in [5.74, 6) is -0.586. The first-order chi connectivity index (χ1) is 15.4. The van der Waals surface area contributed by atoms with Crippen molar-refractivity contribution in [3.8, 4) is 5.75 Å².